The molecule has 1 fully saturated rings. The molecule has 2 heterocycles. The van der Waals surface area contributed by atoms with Gasteiger partial charge in [0.05, 0.1) is 5.69 Å². The molecule has 1 aliphatic heterocycles. The number of pyridine rings is 1. The van der Waals surface area contributed by atoms with Crippen molar-refractivity contribution in [3.8, 4) is 0 Å². The minimum absolute atomic E-state index is 0.0321. The van der Waals surface area contributed by atoms with E-state index in [0.29, 0.717) is 18.9 Å². The number of aromatic nitrogens is 1. The number of nitrogens with one attached hydrogen (secondary N) is 1. The first kappa shape index (κ1) is 21.0. The van der Waals surface area contributed by atoms with Crippen molar-refractivity contribution >= 4 is 27.4 Å². The summed E-state index contributed by atoms with van der Waals surface area (Å²) in [4.78, 5) is 19.4. The van der Waals surface area contributed by atoms with Gasteiger partial charge in [-0.1, -0.05) is 0 Å². The molecule has 1 amide bonds. The van der Waals surface area contributed by atoms with Crippen LogP contribution in [0, 0.1) is 11.6 Å². The third-order valence-corrected chi connectivity index (χ3v) is 6.40. The van der Waals surface area contributed by atoms with E-state index in [2.05, 4.69) is 9.71 Å². The fourth-order valence-corrected chi connectivity index (χ4v) is 4.23. The third kappa shape index (κ3) is 4.81. The van der Waals surface area contributed by atoms with Crippen LogP contribution in [0.15, 0.2) is 41.4 Å². The van der Waals surface area contributed by atoms with E-state index in [1.165, 1.54) is 12.3 Å². The highest BCUT2D eigenvalue weighted by Gasteiger charge is 2.25. The summed E-state index contributed by atoms with van der Waals surface area (Å²) in [6.07, 6.45) is 2.83. The zero-order valence-corrected chi connectivity index (χ0v) is 16.9. The zero-order valence-electron chi connectivity index (χ0n) is 16.1. The minimum atomic E-state index is -3.98. The number of carbonyl (C=O) groups excluding carboxylic acids is 1. The fourth-order valence-electron chi connectivity index (χ4n) is 3.23. The van der Waals surface area contributed by atoms with Crippen LogP contribution in [0.3, 0.4) is 0 Å². The molecule has 1 N–H and O–H groups in total. The van der Waals surface area contributed by atoms with E-state index >= 15 is 0 Å². The van der Waals surface area contributed by atoms with Crippen molar-refractivity contribution in [1.29, 1.82) is 0 Å². The largest absolute Gasteiger partial charge is 0.356 e. The highest BCUT2D eigenvalue weighted by molar-refractivity contribution is 7.92. The smallest absolute Gasteiger partial charge is 0.263 e. The predicted molar refractivity (Wildman–Crippen MR) is 105 cm³/mol. The summed E-state index contributed by atoms with van der Waals surface area (Å²) in [5, 5.41) is 0. The number of sulfonamides is 1. The molecular weight excluding hydrogens is 402 g/mol. The minimum Gasteiger partial charge on any atom is -0.356 e. The summed E-state index contributed by atoms with van der Waals surface area (Å²) in [5.41, 5.74) is -0.0790. The molecule has 1 aromatic carbocycles. The summed E-state index contributed by atoms with van der Waals surface area (Å²) >= 11 is 0. The maximum atomic E-state index is 13.3. The van der Waals surface area contributed by atoms with Gasteiger partial charge in [-0.2, -0.15) is 0 Å². The van der Waals surface area contributed by atoms with E-state index in [9.17, 15) is 22.0 Å². The van der Waals surface area contributed by atoms with Crippen LogP contribution < -0.4 is 9.62 Å². The lowest BCUT2D eigenvalue weighted by atomic mass is 10.0. The van der Waals surface area contributed by atoms with E-state index < -0.39 is 21.7 Å². The second-order valence-corrected chi connectivity index (χ2v) is 8.62. The van der Waals surface area contributed by atoms with Crippen LogP contribution in [-0.4, -0.2) is 50.4 Å². The molecule has 0 bridgehead atoms. The molecular formula is C19H22F2N4O3S. The van der Waals surface area contributed by atoms with Crippen LogP contribution >= 0.6 is 0 Å². The normalized spacial score (nSPS) is 15.2. The molecule has 0 atom stereocenters. The van der Waals surface area contributed by atoms with Gasteiger partial charge in [0, 0.05) is 45.4 Å². The van der Waals surface area contributed by atoms with Crippen molar-refractivity contribution in [3.05, 3.63) is 48.2 Å². The Morgan fingerprint density at radius 3 is 2.41 bits per heavy atom. The average Bonchev–Trinajstić information content (AvgIpc) is 2.70. The van der Waals surface area contributed by atoms with Crippen molar-refractivity contribution in [2.45, 2.75) is 30.7 Å². The van der Waals surface area contributed by atoms with Crippen LogP contribution in [0.2, 0.25) is 0 Å². The summed E-state index contributed by atoms with van der Waals surface area (Å²) in [5.74, 6) is -1.53. The Morgan fingerprint density at radius 1 is 1.17 bits per heavy atom. The van der Waals surface area contributed by atoms with Crippen molar-refractivity contribution in [3.63, 3.8) is 0 Å². The van der Waals surface area contributed by atoms with Crippen molar-refractivity contribution in [2.24, 2.45) is 0 Å². The monoisotopic (exact) mass is 424 g/mol. The van der Waals surface area contributed by atoms with E-state index in [1.807, 2.05) is 4.90 Å². The van der Waals surface area contributed by atoms with Gasteiger partial charge in [-0.3, -0.25) is 9.52 Å². The van der Waals surface area contributed by atoms with Gasteiger partial charge in [0.2, 0.25) is 5.91 Å². The number of hydrogen-bond acceptors (Lipinski definition) is 5. The predicted octanol–water partition coefficient (Wildman–Crippen LogP) is 2.61. The van der Waals surface area contributed by atoms with E-state index in [1.54, 1.807) is 24.9 Å². The van der Waals surface area contributed by atoms with Gasteiger partial charge in [0.15, 0.2) is 11.6 Å². The number of rotatable bonds is 5. The van der Waals surface area contributed by atoms with Gasteiger partial charge in [-0.25, -0.2) is 22.2 Å². The highest BCUT2D eigenvalue weighted by Crippen LogP contribution is 2.23. The van der Waals surface area contributed by atoms with Gasteiger partial charge in [0.25, 0.3) is 10.0 Å². The molecule has 0 spiro atoms. The number of piperidine rings is 1. The van der Waals surface area contributed by atoms with Crippen molar-refractivity contribution in [1.82, 2.24) is 9.88 Å². The number of halogens is 2. The Kier molecular flexibility index (Phi) is 6.02. The molecule has 1 aromatic heterocycles. The fraction of sp³-hybridized carbons (Fsp3) is 0.368. The second-order valence-electron chi connectivity index (χ2n) is 6.93. The Labute approximate surface area is 168 Å². The molecule has 1 saturated heterocycles. The van der Waals surface area contributed by atoms with E-state index in [4.69, 9.17) is 0 Å². The topological polar surface area (TPSA) is 82.6 Å². The number of nitrogens with zero attached hydrogens (tertiary/aromatic N) is 3. The first-order valence-electron chi connectivity index (χ1n) is 9.09. The Balaban J connectivity index is 1.66. The lowest BCUT2D eigenvalue weighted by molar-refractivity contribution is -0.129. The van der Waals surface area contributed by atoms with Crippen LogP contribution in [0.4, 0.5) is 20.3 Å². The van der Waals surface area contributed by atoms with E-state index in [-0.39, 0.29) is 22.5 Å². The van der Waals surface area contributed by atoms with Crippen LogP contribution in [0.1, 0.15) is 19.8 Å². The summed E-state index contributed by atoms with van der Waals surface area (Å²) < 4.78 is 53.4. The number of carbonyl (C=O) groups is 1. The van der Waals surface area contributed by atoms with E-state index in [0.717, 1.165) is 31.0 Å². The van der Waals surface area contributed by atoms with Crippen LogP contribution in [0.25, 0.3) is 0 Å². The molecule has 0 radical (unpaired) electrons. The molecule has 0 saturated carbocycles. The van der Waals surface area contributed by atoms with Crippen molar-refractivity contribution in [2.75, 3.05) is 29.8 Å². The van der Waals surface area contributed by atoms with Crippen LogP contribution in [0.5, 0.6) is 0 Å². The first-order valence-corrected chi connectivity index (χ1v) is 10.6. The Hall–Kier alpha value is -2.75. The van der Waals surface area contributed by atoms with Gasteiger partial charge in [0.1, 0.15) is 10.7 Å². The molecule has 29 heavy (non-hydrogen) atoms. The number of hydrogen-bond donors (Lipinski definition) is 1. The summed E-state index contributed by atoms with van der Waals surface area (Å²) in [6.45, 7) is 2.95. The quantitative estimate of drug-likeness (QED) is 0.798. The van der Waals surface area contributed by atoms with Crippen molar-refractivity contribution < 1.29 is 22.0 Å². The van der Waals surface area contributed by atoms with Gasteiger partial charge in [-0.05, 0) is 37.1 Å². The van der Waals surface area contributed by atoms with Gasteiger partial charge >= 0.3 is 0 Å². The Bertz CT molecular complexity index is 991. The number of amides is 1. The highest BCUT2D eigenvalue weighted by atomic mass is 32.2. The lowest BCUT2D eigenvalue weighted by Gasteiger charge is -2.37. The molecule has 10 heteroatoms. The first-order chi connectivity index (χ1) is 13.7. The average molecular weight is 424 g/mol. The zero-order chi connectivity index (χ0) is 21.2. The number of anilines is 2. The standard InChI is InChI=1S/C19H22F2N4O3S/c1-13(26)24(2)15-7-9-25(10-8-15)19-6-4-16(12-22-19)29(27,28)23-14-3-5-17(20)18(21)11-14/h3-6,11-12,15,23H,7-10H2,1-2H3. The molecule has 7 nitrogen and oxygen atoms in total. The van der Waals surface area contributed by atoms with Gasteiger partial charge < -0.3 is 9.80 Å². The third-order valence-electron chi connectivity index (χ3n) is 5.04. The van der Waals surface area contributed by atoms with Gasteiger partial charge in [-0.15, -0.1) is 0 Å². The number of benzene rings is 1. The molecule has 156 valence electrons. The molecule has 0 aliphatic carbocycles. The second kappa shape index (κ2) is 8.32. The molecule has 2 aromatic rings. The SMILES string of the molecule is CC(=O)N(C)C1CCN(c2ccc(S(=O)(=O)Nc3ccc(F)c(F)c3)cn2)CC1. The maximum absolute atomic E-state index is 13.3. The van der Waals surface area contributed by atoms with Crippen LogP contribution in [-0.2, 0) is 14.8 Å². The molecule has 1 aliphatic rings. The summed E-state index contributed by atoms with van der Waals surface area (Å²) in [7, 11) is -2.19. The molecule has 3 rings (SSSR count). The maximum Gasteiger partial charge on any atom is 0.263 e. The lowest BCUT2D eigenvalue weighted by Crippen LogP contribution is -2.45. The Morgan fingerprint density at radius 2 is 1.86 bits per heavy atom. The summed E-state index contributed by atoms with van der Waals surface area (Å²) in [6, 6.07) is 5.97. The molecule has 0 unspecified atom stereocenters.